The SMILES string of the molecule is CNC(Cc1ccc(C)cc1Cl)c1ccc2c(c1)CCO2. The molecule has 2 aromatic carbocycles. The van der Waals surface area contributed by atoms with E-state index in [0.29, 0.717) is 0 Å². The van der Waals surface area contributed by atoms with Crippen LogP contribution in [0.1, 0.15) is 28.3 Å². The van der Waals surface area contributed by atoms with Crippen LogP contribution in [-0.4, -0.2) is 13.7 Å². The van der Waals surface area contributed by atoms with E-state index in [2.05, 4.69) is 42.6 Å². The first kappa shape index (κ1) is 14.4. The average Bonchev–Trinajstić information content (AvgIpc) is 2.94. The van der Waals surface area contributed by atoms with E-state index in [9.17, 15) is 0 Å². The fourth-order valence-electron chi connectivity index (χ4n) is 2.85. The smallest absolute Gasteiger partial charge is 0.122 e. The van der Waals surface area contributed by atoms with Gasteiger partial charge >= 0.3 is 0 Å². The van der Waals surface area contributed by atoms with Crippen molar-refractivity contribution < 1.29 is 4.74 Å². The third-order valence-electron chi connectivity index (χ3n) is 4.10. The summed E-state index contributed by atoms with van der Waals surface area (Å²) in [6.07, 6.45) is 1.89. The third kappa shape index (κ3) is 3.07. The standard InChI is InChI=1S/C18H20ClNO/c1-12-3-4-13(16(19)9-12)11-17(20-2)14-5-6-18-15(10-14)7-8-21-18/h3-6,9-10,17,20H,7-8,11H2,1-2H3. The topological polar surface area (TPSA) is 21.3 Å². The fourth-order valence-corrected chi connectivity index (χ4v) is 3.16. The van der Waals surface area contributed by atoms with Gasteiger partial charge in [-0.3, -0.25) is 0 Å². The lowest BCUT2D eigenvalue weighted by Crippen LogP contribution is -2.19. The zero-order valence-electron chi connectivity index (χ0n) is 12.4. The quantitative estimate of drug-likeness (QED) is 0.918. The van der Waals surface area contributed by atoms with Crippen molar-refractivity contribution in [2.75, 3.05) is 13.7 Å². The number of benzene rings is 2. The maximum absolute atomic E-state index is 6.36. The number of aryl methyl sites for hydroxylation is 1. The van der Waals surface area contributed by atoms with Gasteiger partial charge in [-0.2, -0.15) is 0 Å². The molecule has 1 aliphatic rings. The summed E-state index contributed by atoms with van der Waals surface area (Å²) in [6.45, 7) is 2.86. The number of hydrogen-bond donors (Lipinski definition) is 1. The van der Waals surface area contributed by atoms with Gasteiger partial charge in [-0.05, 0) is 54.8 Å². The van der Waals surface area contributed by atoms with Crippen molar-refractivity contribution in [3.05, 3.63) is 63.7 Å². The molecule has 110 valence electrons. The Morgan fingerprint density at radius 1 is 1.24 bits per heavy atom. The largest absolute Gasteiger partial charge is 0.493 e. The number of hydrogen-bond acceptors (Lipinski definition) is 2. The maximum Gasteiger partial charge on any atom is 0.122 e. The highest BCUT2D eigenvalue weighted by atomic mass is 35.5. The summed E-state index contributed by atoms with van der Waals surface area (Å²) in [4.78, 5) is 0. The molecule has 1 heterocycles. The van der Waals surface area contributed by atoms with Crippen LogP contribution in [0.4, 0.5) is 0 Å². The molecular weight excluding hydrogens is 282 g/mol. The van der Waals surface area contributed by atoms with Gasteiger partial charge in [-0.15, -0.1) is 0 Å². The van der Waals surface area contributed by atoms with Gasteiger partial charge in [-0.25, -0.2) is 0 Å². The van der Waals surface area contributed by atoms with Crippen LogP contribution in [-0.2, 0) is 12.8 Å². The number of halogens is 1. The predicted octanol–water partition coefficient (Wildman–Crippen LogP) is 4.09. The van der Waals surface area contributed by atoms with Crippen LogP contribution in [0.2, 0.25) is 5.02 Å². The zero-order valence-corrected chi connectivity index (χ0v) is 13.2. The summed E-state index contributed by atoms with van der Waals surface area (Å²) in [6, 6.07) is 13.0. The Morgan fingerprint density at radius 3 is 2.86 bits per heavy atom. The van der Waals surface area contributed by atoms with Crippen LogP contribution < -0.4 is 10.1 Å². The van der Waals surface area contributed by atoms with Gasteiger partial charge in [0.2, 0.25) is 0 Å². The molecule has 21 heavy (non-hydrogen) atoms. The minimum atomic E-state index is 0.260. The molecule has 0 radical (unpaired) electrons. The molecule has 0 saturated heterocycles. The second kappa shape index (κ2) is 6.08. The van der Waals surface area contributed by atoms with Crippen molar-refractivity contribution in [1.82, 2.24) is 5.32 Å². The normalized spacial score (nSPS) is 14.6. The van der Waals surface area contributed by atoms with Crippen molar-refractivity contribution in [3.8, 4) is 5.75 Å². The molecule has 2 nitrogen and oxygen atoms in total. The summed E-state index contributed by atoms with van der Waals surface area (Å²) in [5, 5.41) is 4.25. The van der Waals surface area contributed by atoms with E-state index in [1.54, 1.807) is 0 Å². The van der Waals surface area contributed by atoms with Crippen LogP contribution >= 0.6 is 11.6 Å². The molecule has 3 heteroatoms. The summed E-state index contributed by atoms with van der Waals surface area (Å²) in [5.74, 6) is 1.03. The Morgan fingerprint density at radius 2 is 2.10 bits per heavy atom. The van der Waals surface area contributed by atoms with Crippen molar-refractivity contribution in [1.29, 1.82) is 0 Å². The molecule has 1 aliphatic heterocycles. The van der Waals surface area contributed by atoms with Crippen molar-refractivity contribution in [2.45, 2.75) is 25.8 Å². The first-order chi connectivity index (χ1) is 10.2. The molecule has 0 saturated carbocycles. The number of ether oxygens (including phenoxy) is 1. The van der Waals surface area contributed by atoms with Gasteiger partial charge in [0.25, 0.3) is 0 Å². The van der Waals surface area contributed by atoms with Gasteiger partial charge in [0, 0.05) is 17.5 Å². The molecule has 2 aromatic rings. The van der Waals surface area contributed by atoms with Crippen LogP contribution in [0.3, 0.4) is 0 Å². The molecule has 1 unspecified atom stereocenters. The maximum atomic E-state index is 6.36. The predicted molar refractivity (Wildman–Crippen MR) is 87.3 cm³/mol. The van der Waals surface area contributed by atoms with E-state index < -0.39 is 0 Å². The molecule has 0 spiro atoms. The summed E-state index contributed by atoms with van der Waals surface area (Å²) < 4.78 is 5.58. The van der Waals surface area contributed by atoms with Gasteiger partial charge < -0.3 is 10.1 Å². The number of likely N-dealkylation sites (N-methyl/N-ethyl adjacent to an activating group) is 1. The van der Waals surface area contributed by atoms with E-state index in [1.165, 1.54) is 22.3 Å². The van der Waals surface area contributed by atoms with Gasteiger partial charge in [0.05, 0.1) is 6.61 Å². The number of nitrogens with one attached hydrogen (secondary N) is 1. The second-order valence-corrected chi connectivity index (χ2v) is 6.01. The van der Waals surface area contributed by atoms with Crippen LogP contribution in [0.25, 0.3) is 0 Å². The lowest BCUT2D eigenvalue weighted by Gasteiger charge is -2.18. The summed E-state index contributed by atoms with van der Waals surface area (Å²) in [5.41, 5.74) is 4.97. The van der Waals surface area contributed by atoms with Gasteiger partial charge in [-0.1, -0.05) is 35.9 Å². The van der Waals surface area contributed by atoms with Crippen molar-refractivity contribution in [3.63, 3.8) is 0 Å². The highest BCUT2D eigenvalue weighted by Gasteiger charge is 2.17. The molecule has 0 aromatic heterocycles. The van der Waals surface area contributed by atoms with Crippen molar-refractivity contribution >= 4 is 11.6 Å². The molecule has 1 N–H and O–H groups in total. The van der Waals surface area contributed by atoms with E-state index >= 15 is 0 Å². The second-order valence-electron chi connectivity index (χ2n) is 5.61. The minimum absolute atomic E-state index is 0.260. The van der Waals surface area contributed by atoms with Crippen LogP contribution in [0.5, 0.6) is 5.75 Å². The van der Waals surface area contributed by atoms with Crippen molar-refractivity contribution in [2.24, 2.45) is 0 Å². The number of rotatable bonds is 4. The molecule has 0 amide bonds. The first-order valence-electron chi connectivity index (χ1n) is 7.35. The summed E-state index contributed by atoms with van der Waals surface area (Å²) in [7, 11) is 2.00. The van der Waals surface area contributed by atoms with E-state index in [1.807, 2.05) is 13.1 Å². The van der Waals surface area contributed by atoms with E-state index in [4.69, 9.17) is 16.3 Å². The zero-order chi connectivity index (χ0) is 14.8. The van der Waals surface area contributed by atoms with E-state index in [-0.39, 0.29) is 6.04 Å². The fraction of sp³-hybridized carbons (Fsp3) is 0.333. The Kier molecular flexibility index (Phi) is 4.18. The third-order valence-corrected chi connectivity index (χ3v) is 4.45. The Labute approximate surface area is 131 Å². The van der Waals surface area contributed by atoms with Crippen LogP contribution in [0.15, 0.2) is 36.4 Å². The lowest BCUT2D eigenvalue weighted by atomic mass is 9.96. The molecular formula is C18H20ClNO. The molecule has 3 rings (SSSR count). The highest BCUT2D eigenvalue weighted by Crippen LogP contribution is 2.30. The average molecular weight is 302 g/mol. The van der Waals surface area contributed by atoms with Gasteiger partial charge in [0.1, 0.15) is 5.75 Å². The lowest BCUT2D eigenvalue weighted by molar-refractivity contribution is 0.356. The minimum Gasteiger partial charge on any atom is -0.493 e. The Hall–Kier alpha value is -1.51. The summed E-state index contributed by atoms with van der Waals surface area (Å²) >= 11 is 6.36. The molecule has 0 bridgehead atoms. The van der Waals surface area contributed by atoms with Crippen LogP contribution in [0, 0.1) is 6.92 Å². The monoisotopic (exact) mass is 301 g/mol. The molecule has 0 aliphatic carbocycles. The number of fused-ring (bicyclic) bond motifs is 1. The van der Waals surface area contributed by atoms with E-state index in [0.717, 1.165) is 30.2 Å². The highest BCUT2D eigenvalue weighted by molar-refractivity contribution is 6.31. The Balaban J connectivity index is 1.85. The molecule has 0 fully saturated rings. The first-order valence-corrected chi connectivity index (χ1v) is 7.73. The Bertz CT molecular complexity index is 654. The molecule has 1 atom stereocenters. The van der Waals surface area contributed by atoms with Gasteiger partial charge in [0.15, 0.2) is 0 Å².